The Balaban J connectivity index is 1.98. The zero-order valence-electron chi connectivity index (χ0n) is 11.4. The summed E-state index contributed by atoms with van der Waals surface area (Å²) in [5, 5.41) is 6.39. The Bertz CT molecular complexity index is 428. The van der Waals surface area contributed by atoms with Crippen molar-refractivity contribution in [3.8, 4) is 0 Å². The summed E-state index contributed by atoms with van der Waals surface area (Å²) in [5.41, 5.74) is 2.59. The molecule has 98 valence electrons. The average molecular weight is 246 g/mol. The van der Waals surface area contributed by atoms with Crippen LogP contribution in [0.15, 0.2) is 24.3 Å². The van der Waals surface area contributed by atoms with E-state index in [-0.39, 0.29) is 18.0 Å². The van der Waals surface area contributed by atoms with Crippen LogP contribution in [0.25, 0.3) is 0 Å². The number of carbonyl (C=O) groups excluding carboxylic acids is 1. The van der Waals surface area contributed by atoms with Gasteiger partial charge in [-0.2, -0.15) is 0 Å². The Kier molecular flexibility index (Phi) is 4.02. The number of fused-ring (bicyclic) bond motifs is 1. The van der Waals surface area contributed by atoms with Crippen LogP contribution >= 0.6 is 0 Å². The molecule has 3 nitrogen and oxygen atoms in total. The van der Waals surface area contributed by atoms with Crippen LogP contribution < -0.4 is 10.6 Å². The second-order valence-corrected chi connectivity index (χ2v) is 5.45. The van der Waals surface area contributed by atoms with E-state index in [0.717, 1.165) is 13.0 Å². The third-order valence-corrected chi connectivity index (χ3v) is 3.77. The van der Waals surface area contributed by atoms with Crippen molar-refractivity contribution < 1.29 is 4.79 Å². The van der Waals surface area contributed by atoms with Gasteiger partial charge in [0.2, 0.25) is 5.91 Å². The van der Waals surface area contributed by atoms with Crippen LogP contribution in [0.4, 0.5) is 0 Å². The quantitative estimate of drug-likeness (QED) is 0.854. The fraction of sp³-hybridized carbons (Fsp3) is 0.533. The Morgan fingerprint density at radius 2 is 1.94 bits per heavy atom. The molecule has 0 radical (unpaired) electrons. The molecule has 0 spiro atoms. The maximum atomic E-state index is 12.1. The van der Waals surface area contributed by atoms with Gasteiger partial charge in [-0.3, -0.25) is 4.79 Å². The molecule has 2 N–H and O–H groups in total. The molecule has 1 aliphatic rings. The summed E-state index contributed by atoms with van der Waals surface area (Å²) in [6.45, 7) is 7.08. The fourth-order valence-electron chi connectivity index (χ4n) is 2.13. The van der Waals surface area contributed by atoms with E-state index in [2.05, 4.69) is 43.5 Å². The predicted molar refractivity (Wildman–Crippen MR) is 73.2 cm³/mol. The first-order valence-electron chi connectivity index (χ1n) is 6.68. The number of benzene rings is 1. The number of amides is 1. The number of hydrogen-bond acceptors (Lipinski definition) is 2. The minimum atomic E-state index is -0.0962. The van der Waals surface area contributed by atoms with E-state index >= 15 is 0 Å². The second-order valence-electron chi connectivity index (χ2n) is 5.45. The molecule has 2 atom stereocenters. The first kappa shape index (κ1) is 13.1. The van der Waals surface area contributed by atoms with Gasteiger partial charge in [-0.15, -0.1) is 0 Å². The van der Waals surface area contributed by atoms with Gasteiger partial charge in [-0.25, -0.2) is 0 Å². The summed E-state index contributed by atoms with van der Waals surface area (Å²) < 4.78 is 0. The standard InChI is InChI=1S/C15H22N2O/c1-10(2)11(3)17-15(18)14-8-12-6-4-5-7-13(12)9-16-14/h4-7,10-11,14,16H,8-9H2,1-3H3,(H,17,18)/t11?,14-/m0/s1. The summed E-state index contributed by atoms with van der Waals surface area (Å²) in [6, 6.07) is 8.44. The van der Waals surface area contributed by atoms with E-state index < -0.39 is 0 Å². The van der Waals surface area contributed by atoms with E-state index in [1.165, 1.54) is 11.1 Å². The minimum absolute atomic E-state index is 0.0962. The molecule has 18 heavy (non-hydrogen) atoms. The first-order valence-corrected chi connectivity index (χ1v) is 6.68. The topological polar surface area (TPSA) is 41.1 Å². The number of rotatable bonds is 3. The lowest BCUT2D eigenvalue weighted by atomic mass is 9.95. The second kappa shape index (κ2) is 5.53. The molecule has 0 saturated heterocycles. The zero-order chi connectivity index (χ0) is 13.1. The van der Waals surface area contributed by atoms with Crippen LogP contribution in [-0.4, -0.2) is 18.0 Å². The highest BCUT2D eigenvalue weighted by Gasteiger charge is 2.25. The Hall–Kier alpha value is -1.35. The maximum absolute atomic E-state index is 12.1. The maximum Gasteiger partial charge on any atom is 0.237 e. The van der Waals surface area contributed by atoms with Gasteiger partial charge >= 0.3 is 0 Å². The van der Waals surface area contributed by atoms with Crippen molar-refractivity contribution in [1.29, 1.82) is 0 Å². The summed E-state index contributed by atoms with van der Waals surface area (Å²) >= 11 is 0. The molecule has 1 heterocycles. The van der Waals surface area contributed by atoms with E-state index in [1.807, 2.05) is 12.1 Å². The van der Waals surface area contributed by atoms with Gasteiger partial charge in [0.1, 0.15) is 0 Å². The lowest BCUT2D eigenvalue weighted by Gasteiger charge is -2.27. The van der Waals surface area contributed by atoms with Gasteiger partial charge in [0.15, 0.2) is 0 Å². The lowest BCUT2D eigenvalue weighted by Crippen LogP contribution is -2.50. The lowest BCUT2D eigenvalue weighted by molar-refractivity contribution is -0.124. The Labute approximate surface area is 109 Å². The van der Waals surface area contributed by atoms with Crippen molar-refractivity contribution in [2.24, 2.45) is 5.92 Å². The van der Waals surface area contributed by atoms with Crippen molar-refractivity contribution >= 4 is 5.91 Å². The average Bonchev–Trinajstić information content (AvgIpc) is 2.37. The van der Waals surface area contributed by atoms with Gasteiger partial charge in [0, 0.05) is 12.6 Å². The monoisotopic (exact) mass is 246 g/mol. The Morgan fingerprint density at radius 1 is 1.28 bits per heavy atom. The van der Waals surface area contributed by atoms with Crippen LogP contribution in [0, 0.1) is 5.92 Å². The van der Waals surface area contributed by atoms with Crippen molar-refractivity contribution in [2.75, 3.05) is 0 Å². The Morgan fingerprint density at radius 3 is 2.61 bits per heavy atom. The highest BCUT2D eigenvalue weighted by molar-refractivity contribution is 5.82. The number of carbonyl (C=O) groups is 1. The summed E-state index contributed by atoms with van der Waals surface area (Å²) in [7, 11) is 0. The van der Waals surface area contributed by atoms with Gasteiger partial charge < -0.3 is 10.6 Å². The third kappa shape index (κ3) is 2.91. The molecule has 1 aromatic rings. The zero-order valence-corrected chi connectivity index (χ0v) is 11.4. The molecule has 1 amide bonds. The molecular weight excluding hydrogens is 224 g/mol. The molecule has 3 heteroatoms. The van der Waals surface area contributed by atoms with Gasteiger partial charge in [-0.05, 0) is 30.4 Å². The van der Waals surface area contributed by atoms with Crippen molar-refractivity contribution in [1.82, 2.24) is 10.6 Å². The molecule has 2 rings (SSSR count). The highest BCUT2D eigenvalue weighted by atomic mass is 16.2. The molecule has 1 aromatic carbocycles. The van der Waals surface area contributed by atoms with Crippen LogP contribution in [0.2, 0.25) is 0 Å². The van der Waals surface area contributed by atoms with Crippen LogP contribution in [0.1, 0.15) is 31.9 Å². The SMILES string of the molecule is CC(C)C(C)NC(=O)[C@@H]1Cc2ccccc2CN1. The van der Waals surface area contributed by atoms with Crippen molar-refractivity contribution in [3.05, 3.63) is 35.4 Å². The van der Waals surface area contributed by atoms with Crippen LogP contribution in [-0.2, 0) is 17.8 Å². The van der Waals surface area contributed by atoms with Gasteiger partial charge in [0.05, 0.1) is 6.04 Å². The third-order valence-electron chi connectivity index (χ3n) is 3.77. The molecule has 0 bridgehead atoms. The molecule has 0 aliphatic carbocycles. The minimum Gasteiger partial charge on any atom is -0.352 e. The van der Waals surface area contributed by atoms with E-state index in [4.69, 9.17) is 0 Å². The summed E-state index contributed by atoms with van der Waals surface area (Å²) in [5.74, 6) is 0.579. The molecule has 0 fully saturated rings. The molecule has 1 aliphatic heterocycles. The van der Waals surface area contributed by atoms with Crippen LogP contribution in [0.5, 0.6) is 0 Å². The molecule has 0 aromatic heterocycles. The van der Waals surface area contributed by atoms with Gasteiger partial charge in [-0.1, -0.05) is 38.1 Å². The fourth-order valence-corrected chi connectivity index (χ4v) is 2.13. The molecule has 0 saturated carbocycles. The van der Waals surface area contributed by atoms with E-state index in [9.17, 15) is 4.79 Å². The first-order chi connectivity index (χ1) is 8.58. The predicted octanol–water partition coefficient (Wildman–Crippen LogP) is 1.86. The smallest absolute Gasteiger partial charge is 0.237 e. The summed E-state index contributed by atoms with van der Waals surface area (Å²) in [4.78, 5) is 12.1. The van der Waals surface area contributed by atoms with Crippen molar-refractivity contribution in [3.63, 3.8) is 0 Å². The number of hydrogen-bond donors (Lipinski definition) is 2. The van der Waals surface area contributed by atoms with Gasteiger partial charge in [0.25, 0.3) is 0 Å². The highest BCUT2D eigenvalue weighted by Crippen LogP contribution is 2.16. The largest absolute Gasteiger partial charge is 0.352 e. The van der Waals surface area contributed by atoms with E-state index in [1.54, 1.807) is 0 Å². The van der Waals surface area contributed by atoms with Crippen LogP contribution in [0.3, 0.4) is 0 Å². The van der Waals surface area contributed by atoms with Crippen molar-refractivity contribution in [2.45, 2.75) is 45.8 Å². The molecular formula is C15H22N2O. The number of nitrogens with one attached hydrogen (secondary N) is 2. The normalized spacial score (nSPS) is 20.3. The molecule has 1 unspecified atom stereocenters. The summed E-state index contributed by atoms with van der Waals surface area (Å²) in [6.07, 6.45) is 0.785. The van der Waals surface area contributed by atoms with E-state index in [0.29, 0.717) is 5.92 Å².